The van der Waals surface area contributed by atoms with Gasteiger partial charge in [-0.15, -0.1) is 0 Å². The number of nitrogens with zero attached hydrogens (tertiary/aromatic N) is 2. The van der Waals surface area contributed by atoms with Crippen LogP contribution in [0.2, 0.25) is 0 Å². The molecule has 2 aromatic heterocycles. The molecule has 5 heteroatoms. The van der Waals surface area contributed by atoms with Gasteiger partial charge in [0.05, 0.1) is 12.5 Å². The van der Waals surface area contributed by atoms with Crippen molar-refractivity contribution in [1.82, 2.24) is 9.97 Å². The SMILES string of the molecule is Brc1cnc(Br)c(-c2ccco2)n1. The summed E-state index contributed by atoms with van der Waals surface area (Å²) < 4.78 is 6.56. The highest BCUT2D eigenvalue weighted by Gasteiger charge is 2.08. The van der Waals surface area contributed by atoms with Crippen molar-refractivity contribution in [3.05, 3.63) is 33.8 Å². The molecule has 2 rings (SSSR count). The minimum Gasteiger partial charge on any atom is -0.463 e. The third-order valence-corrected chi connectivity index (χ3v) is 2.42. The molecule has 0 spiro atoms. The smallest absolute Gasteiger partial charge is 0.155 e. The Hall–Kier alpha value is -0.680. The summed E-state index contributed by atoms with van der Waals surface area (Å²) in [5.74, 6) is 0.695. The lowest BCUT2D eigenvalue weighted by Gasteiger charge is -1.98. The third kappa shape index (κ3) is 1.81. The van der Waals surface area contributed by atoms with Gasteiger partial charge in [0.2, 0.25) is 0 Å². The Morgan fingerprint density at radius 3 is 2.85 bits per heavy atom. The van der Waals surface area contributed by atoms with E-state index in [0.29, 0.717) is 20.7 Å². The molecule has 0 aliphatic rings. The first-order valence-electron chi connectivity index (χ1n) is 3.49. The molecule has 0 aliphatic heterocycles. The van der Waals surface area contributed by atoms with E-state index < -0.39 is 0 Å². The quantitative estimate of drug-likeness (QED) is 0.811. The zero-order valence-electron chi connectivity index (χ0n) is 6.37. The summed E-state index contributed by atoms with van der Waals surface area (Å²) in [6.45, 7) is 0. The van der Waals surface area contributed by atoms with Gasteiger partial charge in [0.15, 0.2) is 5.76 Å². The second-order valence-electron chi connectivity index (χ2n) is 2.31. The first kappa shape index (κ1) is 8.90. The molecule has 0 saturated heterocycles. The van der Waals surface area contributed by atoms with Gasteiger partial charge in [-0.1, -0.05) is 0 Å². The molecule has 3 nitrogen and oxygen atoms in total. The highest BCUT2D eigenvalue weighted by molar-refractivity contribution is 9.11. The van der Waals surface area contributed by atoms with Gasteiger partial charge >= 0.3 is 0 Å². The van der Waals surface area contributed by atoms with Crippen molar-refractivity contribution in [1.29, 1.82) is 0 Å². The molecule has 0 aromatic carbocycles. The van der Waals surface area contributed by atoms with Gasteiger partial charge in [-0.25, -0.2) is 9.97 Å². The molecule has 0 fully saturated rings. The molecule has 0 radical (unpaired) electrons. The van der Waals surface area contributed by atoms with Crippen LogP contribution in [0.4, 0.5) is 0 Å². The van der Waals surface area contributed by atoms with Gasteiger partial charge in [-0.05, 0) is 44.0 Å². The molecule has 0 atom stereocenters. The zero-order chi connectivity index (χ0) is 9.26. The maximum absolute atomic E-state index is 5.20. The Bertz CT molecular complexity index is 414. The second kappa shape index (κ2) is 3.59. The second-order valence-corrected chi connectivity index (χ2v) is 3.87. The minimum absolute atomic E-state index is 0.672. The summed E-state index contributed by atoms with van der Waals surface area (Å²) in [4.78, 5) is 8.31. The highest BCUT2D eigenvalue weighted by Crippen LogP contribution is 2.25. The Morgan fingerprint density at radius 2 is 2.15 bits per heavy atom. The largest absolute Gasteiger partial charge is 0.463 e. The fraction of sp³-hybridized carbons (Fsp3) is 0. The lowest BCUT2D eigenvalue weighted by atomic mass is 10.3. The van der Waals surface area contributed by atoms with E-state index in [-0.39, 0.29) is 0 Å². The topological polar surface area (TPSA) is 38.9 Å². The number of hydrogen-bond donors (Lipinski definition) is 0. The summed E-state index contributed by atoms with van der Waals surface area (Å²) in [5.41, 5.74) is 0.694. The fourth-order valence-electron chi connectivity index (χ4n) is 0.923. The average molecular weight is 304 g/mol. The average Bonchev–Trinajstić information content (AvgIpc) is 2.61. The van der Waals surface area contributed by atoms with Crippen molar-refractivity contribution in [2.75, 3.05) is 0 Å². The van der Waals surface area contributed by atoms with E-state index in [1.165, 1.54) is 0 Å². The van der Waals surface area contributed by atoms with Crippen molar-refractivity contribution in [3.8, 4) is 11.5 Å². The van der Waals surface area contributed by atoms with E-state index in [9.17, 15) is 0 Å². The first-order valence-corrected chi connectivity index (χ1v) is 5.08. The van der Waals surface area contributed by atoms with E-state index in [0.717, 1.165) is 0 Å². The lowest BCUT2D eigenvalue weighted by molar-refractivity contribution is 0.579. The fourth-order valence-corrected chi connectivity index (χ4v) is 1.59. The molecule has 0 amide bonds. The highest BCUT2D eigenvalue weighted by atomic mass is 79.9. The van der Waals surface area contributed by atoms with E-state index in [1.54, 1.807) is 12.5 Å². The zero-order valence-corrected chi connectivity index (χ0v) is 9.54. The van der Waals surface area contributed by atoms with Crippen LogP contribution in [0.25, 0.3) is 11.5 Å². The van der Waals surface area contributed by atoms with Gasteiger partial charge in [0, 0.05) is 0 Å². The van der Waals surface area contributed by atoms with Crippen molar-refractivity contribution in [3.63, 3.8) is 0 Å². The van der Waals surface area contributed by atoms with E-state index in [4.69, 9.17) is 4.42 Å². The van der Waals surface area contributed by atoms with Crippen LogP contribution in [-0.2, 0) is 0 Å². The van der Waals surface area contributed by atoms with Crippen LogP contribution in [0.15, 0.2) is 38.2 Å². The van der Waals surface area contributed by atoms with Gasteiger partial charge < -0.3 is 4.42 Å². The summed E-state index contributed by atoms with van der Waals surface area (Å²) in [6, 6.07) is 3.64. The van der Waals surface area contributed by atoms with E-state index in [1.807, 2.05) is 12.1 Å². The number of rotatable bonds is 1. The molecule has 2 aromatic rings. The Kier molecular flexibility index (Phi) is 2.46. The molecular formula is C8H4Br2N2O. The Balaban J connectivity index is 2.57. The number of halogens is 2. The van der Waals surface area contributed by atoms with Crippen molar-refractivity contribution >= 4 is 31.9 Å². The van der Waals surface area contributed by atoms with Gasteiger partial charge in [0.25, 0.3) is 0 Å². The molecule has 0 unspecified atom stereocenters. The summed E-state index contributed by atoms with van der Waals surface area (Å²) in [5, 5.41) is 0. The van der Waals surface area contributed by atoms with Crippen LogP contribution in [0.3, 0.4) is 0 Å². The first-order chi connectivity index (χ1) is 6.27. The van der Waals surface area contributed by atoms with Crippen LogP contribution >= 0.6 is 31.9 Å². The third-order valence-electron chi connectivity index (χ3n) is 1.45. The number of aromatic nitrogens is 2. The monoisotopic (exact) mass is 302 g/mol. The van der Waals surface area contributed by atoms with Gasteiger partial charge in [-0.2, -0.15) is 0 Å². The van der Waals surface area contributed by atoms with Crippen LogP contribution < -0.4 is 0 Å². The Morgan fingerprint density at radius 1 is 1.31 bits per heavy atom. The number of hydrogen-bond acceptors (Lipinski definition) is 3. The van der Waals surface area contributed by atoms with Crippen LogP contribution in [0.5, 0.6) is 0 Å². The van der Waals surface area contributed by atoms with Crippen LogP contribution in [0.1, 0.15) is 0 Å². The van der Waals surface area contributed by atoms with Crippen molar-refractivity contribution < 1.29 is 4.42 Å². The maximum Gasteiger partial charge on any atom is 0.155 e. The van der Waals surface area contributed by atoms with E-state index in [2.05, 4.69) is 41.8 Å². The molecule has 2 heterocycles. The molecule has 0 aliphatic carbocycles. The summed E-state index contributed by atoms with van der Waals surface area (Å²) in [6.07, 6.45) is 3.22. The van der Waals surface area contributed by atoms with Gasteiger partial charge in [0.1, 0.15) is 14.9 Å². The summed E-state index contributed by atoms with van der Waals surface area (Å²) >= 11 is 6.54. The minimum atomic E-state index is 0.672. The van der Waals surface area contributed by atoms with E-state index >= 15 is 0 Å². The molecule has 0 saturated carbocycles. The van der Waals surface area contributed by atoms with Crippen LogP contribution in [0, 0.1) is 0 Å². The predicted octanol–water partition coefficient (Wildman–Crippen LogP) is 3.26. The van der Waals surface area contributed by atoms with Crippen molar-refractivity contribution in [2.45, 2.75) is 0 Å². The molecule has 13 heavy (non-hydrogen) atoms. The molecule has 0 bridgehead atoms. The summed E-state index contributed by atoms with van der Waals surface area (Å²) in [7, 11) is 0. The normalized spacial score (nSPS) is 10.3. The number of furan rings is 1. The van der Waals surface area contributed by atoms with Crippen molar-refractivity contribution in [2.24, 2.45) is 0 Å². The predicted molar refractivity (Wildman–Crippen MR) is 55.1 cm³/mol. The molecule has 0 N–H and O–H groups in total. The maximum atomic E-state index is 5.20. The molecule has 66 valence electrons. The Labute approximate surface area is 91.5 Å². The lowest BCUT2D eigenvalue weighted by Crippen LogP contribution is -1.87. The van der Waals surface area contributed by atoms with Crippen LogP contribution in [-0.4, -0.2) is 9.97 Å². The standard InChI is InChI=1S/C8H4Br2N2O/c9-6-4-11-8(10)7(12-6)5-2-1-3-13-5/h1-4H. The van der Waals surface area contributed by atoms with Gasteiger partial charge in [-0.3, -0.25) is 0 Å². The molecular weight excluding hydrogens is 300 g/mol.